The van der Waals surface area contributed by atoms with Crippen molar-refractivity contribution in [1.82, 2.24) is 9.80 Å². The molecule has 0 N–H and O–H groups in total. The number of rotatable bonds is 6. The molecule has 30 heavy (non-hydrogen) atoms. The number of carbonyl (C=O) groups is 2. The van der Waals surface area contributed by atoms with Crippen LogP contribution in [0.25, 0.3) is 0 Å². The third-order valence-electron chi connectivity index (χ3n) is 6.29. The maximum atomic E-state index is 13.5. The summed E-state index contributed by atoms with van der Waals surface area (Å²) < 4.78 is 24.2. The molecule has 0 bridgehead atoms. The van der Waals surface area contributed by atoms with E-state index >= 15 is 0 Å². The topological polar surface area (TPSA) is 62.3 Å². The van der Waals surface area contributed by atoms with Gasteiger partial charge in [-0.15, -0.1) is 0 Å². The Labute approximate surface area is 176 Å². The zero-order valence-electron chi connectivity index (χ0n) is 17.3. The van der Waals surface area contributed by atoms with E-state index in [1.165, 1.54) is 12.1 Å². The minimum atomic E-state index is -0.366. The Morgan fingerprint density at radius 3 is 2.43 bits per heavy atom. The normalized spacial score (nSPS) is 23.7. The molecule has 0 aromatic heterocycles. The van der Waals surface area contributed by atoms with Crippen LogP contribution in [0.3, 0.4) is 0 Å². The average molecular weight is 419 g/mol. The average Bonchev–Trinajstić information content (AvgIpc) is 3.17. The SMILES string of the molecule is O=C1CC(C(=O)N(CCN2CCOCC2)C2CCOCC2)CN1c1ccc(F)cc1. The van der Waals surface area contributed by atoms with Gasteiger partial charge in [0, 0.05) is 64.1 Å². The Kier molecular flexibility index (Phi) is 6.97. The predicted molar refractivity (Wildman–Crippen MR) is 110 cm³/mol. The van der Waals surface area contributed by atoms with Crippen molar-refractivity contribution in [2.75, 3.05) is 64.1 Å². The van der Waals surface area contributed by atoms with Gasteiger partial charge in [0.05, 0.1) is 19.1 Å². The van der Waals surface area contributed by atoms with Gasteiger partial charge in [0.25, 0.3) is 0 Å². The number of anilines is 1. The monoisotopic (exact) mass is 419 g/mol. The fraction of sp³-hybridized carbons (Fsp3) is 0.636. The zero-order valence-corrected chi connectivity index (χ0v) is 17.3. The van der Waals surface area contributed by atoms with E-state index in [9.17, 15) is 14.0 Å². The van der Waals surface area contributed by atoms with E-state index < -0.39 is 0 Å². The van der Waals surface area contributed by atoms with Gasteiger partial charge < -0.3 is 19.3 Å². The lowest BCUT2D eigenvalue weighted by atomic mass is 10.0. The molecule has 3 aliphatic rings. The van der Waals surface area contributed by atoms with Gasteiger partial charge in [0.15, 0.2) is 0 Å². The van der Waals surface area contributed by atoms with E-state index in [0.29, 0.717) is 32.0 Å². The summed E-state index contributed by atoms with van der Waals surface area (Å²) in [6.45, 7) is 6.38. The Morgan fingerprint density at radius 1 is 1.07 bits per heavy atom. The van der Waals surface area contributed by atoms with Crippen LogP contribution in [0.1, 0.15) is 19.3 Å². The number of carbonyl (C=O) groups excluding carboxylic acids is 2. The molecule has 0 radical (unpaired) electrons. The minimum Gasteiger partial charge on any atom is -0.381 e. The largest absolute Gasteiger partial charge is 0.381 e. The van der Waals surface area contributed by atoms with Crippen LogP contribution >= 0.6 is 0 Å². The number of nitrogens with zero attached hydrogens (tertiary/aromatic N) is 3. The molecule has 0 spiro atoms. The Bertz CT molecular complexity index is 732. The van der Waals surface area contributed by atoms with Crippen molar-refractivity contribution >= 4 is 17.5 Å². The van der Waals surface area contributed by atoms with Gasteiger partial charge in [-0.2, -0.15) is 0 Å². The summed E-state index contributed by atoms with van der Waals surface area (Å²) in [6, 6.07) is 6.02. The molecule has 8 heteroatoms. The van der Waals surface area contributed by atoms with Crippen LogP contribution in [-0.2, 0) is 19.1 Å². The Hall–Kier alpha value is -2.03. The highest BCUT2D eigenvalue weighted by Crippen LogP contribution is 2.28. The number of ether oxygens (including phenoxy) is 2. The van der Waals surface area contributed by atoms with E-state index in [1.54, 1.807) is 17.0 Å². The van der Waals surface area contributed by atoms with Crippen molar-refractivity contribution in [3.05, 3.63) is 30.1 Å². The van der Waals surface area contributed by atoms with Crippen molar-refractivity contribution < 1.29 is 23.5 Å². The molecule has 1 atom stereocenters. The number of morpholine rings is 1. The molecule has 1 aromatic rings. The minimum absolute atomic E-state index is 0.0492. The van der Waals surface area contributed by atoms with Gasteiger partial charge in [-0.1, -0.05) is 0 Å². The maximum absolute atomic E-state index is 13.5. The van der Waals surface area contributed by atoms with Crippen molar-refractivity contribution in [3.8, 4) is 0 Å². The summed E-state index contributed by atoms with van der Waals surface area (Å²) in [4.78, 5) is 32.0. The highest BCUT2D eigenvalue weighted by molar-refractivity contribution is 6.00. The quantitative estimate of drug-likeness (QED) is 0.700. The van der Waals surface area contributed by atoms with Gasteiger partial charge in [-0.25, -0.2) is 4.39 Å². The molecular formula is C22H30FN3O4. The lowest BCUT2D eigenvalue weighted by Gasteiger charge is -2.37. The number of hydrogen-bond acceptors (Lipinski definition) is 5. The highest BCUT2D eigenvalue weighted by atomic mass is 19.1. The number of hydrogen-bond donors (Lipinski definition) is 0. The van der Waals surface area contributed by atoms with Crippen molar-refractivity contribution in [2.24, 2.45) is 5.92 Å². The zero-order chi connectivity index (χ0) is 20.9. The molecular weight excluding hydrogens is 389 g/mol. The summed E-state index contributed by atoms with van der Waals surface area (Å²) >= 11 is 0. The molecule has 1 aromatic carbocycles. The first-order valence-corrected chi connectivity index (χ1v) is 10.9. The first kappa shape index (κ1) is 21.2. The smallest absolute Gasteiger partial charge is 0.228 e. The second kappa shape index (κ2) is 9.85. The molecule has 7 nitrogen and oxygen atoms in total. The van der Waals surface area contributed by atoms with E-state index in [4.69, 9.17) is 9.47 Å². The standard InChI is InChI=1S/C22H30FN3O4/c23-18-1-3-19(4-2-18)26-16-17(15-21(26)27)22(28)25(20-5-11-29-12-6-20)8-7-24-9-13-30-14-10-24/h1-4,17,20H,5-16H2. The van der Waals surface area contributed by atoms with Crippen LogP contribution in [0.5, 0.6) is 0 Å². The summed E-state index contributed by atoms with van der Waals surface area (Å²) in [7, 11) is 0. The molecule has 0 aliphatic carbocycles. The van der Waals surface area contributed by atoms with E-state index in [1.807, 2.05) is 4.90 Å². The molecule has 4 rings (SSSR count). The third-order valence-corrected chi connectivity index (χ3v) is 6.29. The fourth-order valence-electron chi connectivity index (χ4n) is 4.52. The molecule has 3 fully saturated rings. The molecule has 3 saturated heterocycles. The summed E-state index contributed by atoms with van der Waals surface area (Å²) in [5, 5.41) is 0. The van der Waals surface area contributed by atoms with Crippen molar-refractivity contribution in [2.45, 2.75) is 25.3 Å². The Balaban J connectivity index is 1.43. The van der Waals surface area contributed by atoms with Crippen LogP contribution in [0, 0.1) is 11.7 Å². The van der Waals surface area contributed by atoms with Gasteiger partial charge in [-0.05, 0) is 37.1 Å². The van der Waals surface area contributed by atoms with Gasteiger partial charge >= 0.3 is 0 Å². The number of amides is 2. The van der Waals surface area contributed by atoms with Gasteiger partial charge in [0.2, 0.25) is 11.8 Å². The van der Waals surface area contributed by atoms with Crippen LogP contribution in [-0.4, -0.2) is 86.8 Å². The fourth-order valence-corrected chi connectivity index (χ4v) is 4.52. The predicted octanol–water partition coefficient (Wildman–Crippen LogP) is 1.52. The van der Waals surface area contributed by atoms with E-state index in [2.05, 4.69) is 4.90 Å². The first-order chi connectivity index (χ1) is 14.6. The molecule has 1 unspecified atom stereocenters. The summed E-state index contributed by atoms with van der Waals surface area (Å²) in [5.74, 6) is -0.741. The molecule has 3 aliphatic heterocycles. The van der Waals surface area contributed by atoms with Crippen LogP contribution in [0.2, 0.25) is 0 Å². The lowest BCUT2D eigenvalue weighted by molar-refractivity contribution is -0.140. The van der Waals surface area contributed by atoms with Gasteiger partial charge in [-0.3, -0.25) is 14.5 Å². The highest BCUT2D eigenvalue weighted by Gasteiger charge is 2.39. The Morgan fingerprint density at radius 2 is 1.73 bits per heavy atom. The number of benzene rings is 1. The molecule has 3 heterocycles. The molecule has 0 saturated carbocycles. The molecule has 2 amide bonds. The van der Waals surface area contributed by atoms with Crippen molar-refractivity contribution in [1.29, 1.82) is 0 Å². The second-order valence-corrected chi connectivity index (χ2v) is 8.21. The maximum Gasteiger partial charge on any atom is 0.228 e. The van der Waals surface area contributed by atoms with Crippen molar-refractivity contribution in [3.63, 3.8) is 0 Å². The molecule has 164 valence electrons. The van der Waals surface area contributed by atoms with Crippen LogP contribution in [0.4, 0.5) is 10.1 Å². The van der Waals surface area contributed by atoms with Gasteiger partial charge in [0.1, 0.15) is 5.82 Å². The lowest BCUT2D eigenvalue weighted by Crippen LogP contribution is -2.50. The van der Waals surface area contributed by atoms with E-state index in [-0.39, 0.29) is 36.0 Å². The number of halogens is 1. The van der Waals surface area contributed by atoms with Crippen LogP contribution < -0.4 is 4.90 Å². The third kappa shape index (κ3) is 4.99. The first-order valence-electron chi connectivity index (χ1n) is 10.9. The van der Waals surface area contributed by atoms with Crippen LogP contribution in [0.15, 0.2) is 24.3 Å². The summed E-state index contributed by atoms with van der Waals surface area (Å²) in [5.41, 5.74) is 0.641. The second-order valence-electron chi connectivity index (χ2n) is 8.21. The van der Waals surface area contributed by atoms with E-state index in [0.717, 1.165) is 45.7 Å². The summed E-state index contributed by atoms with van der Waals surface area (Å²) in [6.07, 6.45) is 1.86.